The number of nitrogens with one attached hydrogen (secondary N) is 1. The van der Waals surface area contributed by atoms with Gasteiger partial charge in [-0.2, -0.15) is 4.98 Å². The number of anilines is 3. The first kappa shape index (κ1) is 20.1. The lowest BCUT2D eigenvalue weighted by Crippen LogP contribution is -2.38. The number of pyridine rings is 1. The van der Waals surface area contributed by atoms with Gasteiger partial charge in [0, 0.05) is 30.2 Å². The number of hydrogen-bond donors (Lipinski definition) is 2. The van der Waals surface area contributed by atoms with Crippen molar-refractivity contribution < 1.29 is 4.74 Å². The van der Waals surface area contributed by atoms with Gasteiger partial charge in [-0.05, 0) is 47.6 Å². The monoisotopic (exact) mass is 504 g/mol. The van der Waals surface area contributed by atoms with E-state index in [-0.39, 0.29) is 12.0 Å². The number of nitrogens with two attached hydrogens (primary N) is 1. The van der Waals surface area contributed by atoms with Gasteiger partial charge in [0.15, 0.2) is 0 Å². The number of ether oxygens (including phenoxy) is 1. The number of nitrogens with zero attached hydrogens (tertiary/aromatic N) is 4. The maximum atomic E-state index is 5.82. The van der Waals surface area contributed by atoms with Gasteiger partial charge in [-0.25, -0.2) is 9.97 Å². The lowest BCUT2D eigenvalue weighted by atomic mass is 10.0. The molecule has 0 saturated carbocycles. The number of fused-ring (bicyclic) bond motifs is 1. The summed E-state index contributed by atoms with van der Waals surface area (Å²) in [5.41, 5.74) is 9.22. The van der Waals surface area contributed by atoms with Crippen molar-refractivity contribution in [3.8, 4) is 0 Å². The fourth-order valence-corrected chi connectivity index (χ4v) is 4.10. The van der Waals surface area contributed by atoms with Gasteiger partial charge in [0.05, 0.1) is 28.3 Å². The third-order valence-corrected chi connectivity index (χ3v) is 6.01. The molecular weight excluding hydrogens is 479 g/mol. The van der Waals surface area contributed by atoms with Crippen LogP contribution in [0, 0.1) is 10.5 Å². The average Bonchev–Trinajstić information content (AvgIpc) is 2.74. The molecule has 3 aromatic rings. The summed E-state index contributed by atoms with van der Waals surface area (Å²) in [5, 5.41) is 4.72. The molecule has 152 valence electrons. The van der Waals surface area contributed by atoms with Crippen LogP contribution < -0.4 is 16.0 Å². The van der Waals surface area contributed by atoms with Crippen molar-refractivity contribution >= 4 is 51.1 Å². The van der Waals surface area contributed by atoms with Crippen molar-refractivity contribution in [1.29, 1.82) is 0 Å². The molecule has 7 nitrogen and oxygen atoms in total. The normalized spacial score (nSPS) is 15.5. The molecule has 0 aliphatic carbocycles. The van der Waals surface area contributed by atoms with Gasteiger partial charge >= 0.3 is 0 Å². The summed E-state index contributed by atoms with van der Waals surface area (Å²) in [6.07, 6.45) is 2.62. The van der Waals surface area contributed by atoms with Crippen LogP contribution in [0.15, 0.2) is 30.5 Å². The molecule has 8 heteroatoms. The molecule has 2 aromatic heterocycles. The van der Waals surface area contributed by atoms with Gasteiger partial charge in [-0.15, -0.1) is 0 Å². The molecule has 0 radical (unpaired) electrons. The van der Waals surface area contributed by atoms with Crippen LogP contribution in [0.5, 0.6) is 0 Å². The zero-order valence-corrected chi connectivity index (χ0v) is 18.8. The Morgan fingerprint density at radius 2 is 2.07 bits per heavy atom. The predicted molar refractivity (Wildman–Crippen MR) is 125 cm³/mol. The van der Waals surface area contributed by atoms with Crippen molar-refractivity contribution in [3.63, 3.8) is 0 Å². The molecule has 1 aliphatic heterocycles. The van der Waals surface area contributed by atoms with Crippen molar-refractivity contribution in [1.82, 2.24) is 15.0 Å². The van der Waals surface area contributed by atoms with Crippen LogP contribution in [0.3, 0.4) is 0 Å². The molecule has 4 rings (SSSR count). The van der Waals surface area contributed by atoms with Crippen LogP contribution in [-0.2, 0) is 4.74 Å². The first-order valence-corrected chi connectivity index (χ1v) is 10.9. The van der Waals surface area contributed by atoms with Gasteiger partial charge in [0.1, 0.15) is 11.6 Å². The van der Waals surface area contributed by atoms with E-state index in [1.165, 1.54) is 11.1 Å². The summed E-state index contributed by atoms with van der Waals surface area (Å²) >= 11 is 2.23. The minimum atomic E-state index is 0.0491. The van der Waals surface area contributed by atoms with Crippen LogP contribution in [-0.4, -0.2) is 41.3 Å². The van der Waals surface area contributed by atoms with E-state index in [0.29, 0.717) is 0 Å². The standard InChI is InChI=1S/C21H25IN6O/c1-3-17(25-19-16(22)12-24-21(23)27-19)15-11-14-6-4-5-13(2)18(14)26-20(15)28-7-9-29-10-8-28/h4-6,11-12,17H,3,7-10H2,1-2H3,(H3,23,24,25,27). The van der Waals surface area contributed by atoms with Crippen LogP contribution in [0.1, 0.15) is 30.5 Å². The molecule has 1 aliphatic rings. The quantitative estimate of drug-likeness (QED) is 0.510. The van der Waals surface area contributed by atoms with Gasteiger partial charge < -0.3 is 20.7 Å². The van der Waals surface area contributed by atoms with E-state index in [1.54, 1.807) is 6.20 Å². The molecule has 1 fully saturated rings. The summed E-state index contributed by atoms with van der Waals surface area (Å²) in [7, 11) is 0. The topological polar surface area (TPSA) is 89.2 Å². The van der Waals surface area contributed by atoms with E-state index >= 15 is 0 Å². The molecule has 0 bridgehead atoms. The van der Waals surface area contributed by atoms with Crippen LogP contribution in [0.25, 0.3) is 10.9 Å². The number of morpholine rings is 1. The second kappa shape index (κ2) is 8.66. The Hall–Kier alpha value is -2.20. The third-order valence-electron chi connectivity index (χ3n) is 5.22. The average molecular weight is 504 g/mol. The first-order valence-electron chi connectivity index (χ1n) is 9.84. The van der Waals surface area contributed by atoms with Crippen molar-refractivity contribution in [2.24, 2.45) is 0 Å². The van der Waals surface area contributed by atoms with Crippen LogP contribution >= 0.6 is 22.6 Å². The molecule has 1 atom stereocenters. The number of halogens is 1. The van der Waals surface area contributed by atoms with Gasteiger partial charge in [0.2, 0.25) is 5.95 Å². The largest absolute Gasteiger partial charge is 0.378 e. The highest BCUT2D eigenvalue weighted by atomic mass is 127. The zero-order chi connectivity index (χ0) is 20.4. The summed E-state index contributed by atoms with van der Waals surface area (Å²) < 4.78 is 6.50. The summed E-state index contributed by atoms with van der Waals surface area (Å²) in [5.74, 6) is 2.04. The molecule has 0 spiro atoms. The Bertz CT molecular complexity index is 1020. The van der Waals surface area contributed by atoms with Crippen molar-refractivity contribution in [2.45, 2.75) is 26.3 Å². The molecule has 3 heterocycles. The molecule has 29 heavy (non-hydrogen) atoms. The SMILES string of the molecule is CCC(Nc1nc(N)ncc1I)c1cc2cccc(C)c2nc1N1CCOCC1. The minimum absolute atomic E-state index is 0.0491. The van der Waals surface area contributed by atoms with Crippen LogP contribution in [0.4, 0.5) is 17.6 Å². The van der Waals surface area contributed by atoms with E-state index in [2.05, 4.69) is 80.9 Å². The Kier molecular flexibility index (Phi) is 6.00. The number of nitrogen functional groups attached to an aromatic ring is 1. The summed E-state index contributed by atoms with van der Waals surface area (Å²) in [4.78, 5) is 15.9. The molecular formula is C21H25IN6O. The predicted octanol–water partition coefficient (Wildman–Crippen LogP) is 3.92. The van der Waals surface area contributed by atoms with E-state index in [9.17, 15) is 0 Å². The molecule has 0 amide bonds. The number of rotatable bonds is 5. The molecule has 1 aromatic carbocycles. The Morgan fingerprint density at radius 3 is 2.83 bits per heavy atom. The zero-order valence-electron chi connectivity index (χ0n) is 16.7. The fourth-order valence-electron chi connectivity index (χ4n) is 3.69. The maximum Gasteiger partial charge on any atom is 0.221 e. The lowest BCUT2D eigenvalue weighted by Gasteiger charge is -2.32. The molecule has 1 saturated heterocycles. The smallest absolute Gasteiger partial charge is 0.221 e. The van der Waals surface area contributed by atoms with Gasteiger partial charge in [-0.3, -0.25) is 0 Å². The molecule has 1 unspecified atom stereocenters. The Labute approximate surface area is 184 Å². The van der Waals surface area contributed by atoms with E-state index in [0.717, 1.165) is 58.8 Å². The van der Waals surface area contributed by atoms with Gasteiger partial charge in [-0.1, -0.05) is 25.1 Å². The Morgan fingerprint density at radius 1 is 1.28 bits per heavy atom. The third kappa shape index (κ3) is 4.23. The molecule has 3 N–H and O–H groups in total. The van der Waals surface area contributed by atoms with E-state index in [1.807, 2.05) is 0 Å². The van der Waals surface area contributed by atoms with E-state index < -0.39 is 0 Å². The van der Waals surface area contributed by atoms with E-state index in [4.69, 9.17) is 15.5 Å². The fraction of sp³-hybridized carbons (Fsp3) is 0.381. The number of aryl methyl sites for hydroxylation is 1. The maximum absolute atomic E-state index is 5.82. The summed E-state index contributed by atoms with van der Waals surface area (Å²) in [6.45, 7) is 7.39. The first-order chi connectivity index (χ1) is 14.1. The second-order valence-electron chi connectivity index (χ2n) is 7.18. The highest BCUT2D eigenvalue weighted by Gasteiger charge is 2.23. The van der Waals surface area contributed by atoms with Crippen molar-refractivity contribution in [2.75, 3.05) is 42.3 Å². The highest BCUT2D eigenvalue weighted by molar-refractivity contribution is 14.1. The number of para-hydroxylation sites is 1. The highest BCUT2D eigenvalue weighted by Crippen LogP contribution is 2.34. The lowest BCUT2D eigenvalue weighted by molar-refractivity contribution is 0.122. The Balaban J connectivity index is 1.81. The van der Waals surface area contributed by atoms with Crippen LogP contribution in [0.2, 0.25) is 0 Å². The number of aromatic nitrogens is 3. The number of benzene rings is 1. The summed E-state index contributed by atoms with van der Waals surface area (Å²) in [6, 6.07) is 8.63. The number of hydrogen-bond acceptors (Lipinski definition) is 7. The van der Waals surface area contributed by atoms with Gasteiger partial charge in [0.25, 0.3) is 0 Å². The minimum Gasteiger partial charge on any atom is -0.378 e. The second-order valence-corrected chi connectivity index (χ2v) is 8.34. The van der Waals surface area contributed by atoms with Crippen molar-refractivity contribution in [3.05, 3.63) is 45.2 Å².